The van der Waals surface area contributed by atoms with Crippen LogP contribution in [0, 0.1) is 11.3 Å². The van der Waals surface area contributed by atoms with Crippen molar-refractivity contribution in [2.45, 2.75) is 16.8 Å². The van der Waals surface area contributed by atoms with Gasteiger partial charge in [-0.2, -0.15) is 5.26 Å². The van der Waals surface area contributed by atoms with Gasteiger partial charge in [0.25, 0.3) is 0 Å². The molecule has 15 heavy (non-hydrogen) atoms. The summed E-state index contributed by atoms with van der Waals surface area (Å²) in [6.45, 7) is 2.15. The van der Waals surface area contributed by atoms with Gasteiger partial charge in [-0.05, 0) is 25.0 Å². The molecule has 0 aliphatic carbocycles. The maximum absolute atomic E-state index is 8.67. The van der Waals surface area contributed by atoms with Gasteiger partial charge in [0.15, 0.2) is 0 Å². The number of alkyl halides is 1. The van der Waals surface area contributed by atoms with E-state index in [1.165, 1.54) is 12.8 Å². The van der Waals surface area contributed by atoms with E-state index in [2.05, 4.69) is 38.5 Å². The van der Waals surface area contributed by atoms with E-state index in [4.69, 9.17) is 5.26 Å². The minimum Gasteiger partial charge on any atom is -0.357 e. The van der Waals surface area contributed by atoms with E-state index in [-0.39, 0.29) is 0 Å². The number of nitriles is 1. The molecule has 2 rings (SSSR count). The summed E-state index contributed by atoms with van der Waals surface area (Å²) in [6, 6.07) is 5.85. The number of pyridine rings is 1. The summed E-state index contributed by atoms with van der Waals surface area (Å²) in [5.74, 6) is 0.998. The molecule has 0 radical (unpaired) electrons. The fourth-order valence-electron chi connectivity index (χ4n) is 1.72. The third-order valence-electron chi connectivity index (χ3n) is 2.63. The molecule has 1 saturated heterocycles. The number of rotatable bonds is 1. The lowest BCUT2D eigenvalue weighted by Gasteiger charge is -2.30. The third-order valence-corrected chi connectivity index (χ3v) is 3.87. The largest absolute Gasteiger partial charge is 0.357 e. The quantitative estimate of drug-likeness (QED) is 0.590. The van der Waals surface area contributed by atoms with Crippen molar-refractivity contribution in [2.24, 2.45) is 0 Å². The lowest BCUT2D eigenvalue weighted by atomic mass is 10.1. The molecular weight excluding hydrogens is 301 g/mol. The monoisotopic (exact) mass is 313 g/mol. The first-order valence-electron chi connectivity index (χ1n) is 5.05. The SMILES string of the molecule is N#Cc1ccc(N2CCC(I)CC2)nc1. The van der Waals surface area contributed by atoms with Gasteiger partial charge in [0, 0.05) is 23.2 Å². The first-order chi connectivity index (χ1) is 7.29. The summed E-state index contributed by atoms with van der Waals surface area (Å²) < 4.78 is 0.803. The van der Waals surface area contributed by atoms with Crippen LogP contribution in [0.2, 0.25) is 0 Å². The minimum absolute atomic E-state index is 0.627. The van der Waals surface area contributed by atoms with E-state index >= 15 is 0 Å². The zero-order valence-corrected chi connectivity index (χ0v) is 10.5. The Morgan fingerprint density at radius 1 is 1.40 bits per heavy atom. The van der Waals surface area contributed by atoms with Crippen LogP contribution in [0.4, 0.5) is 5.82 Å². The van der Waals surface area contributed by atoms with Gasteiger partial charge in [0.2, 0.25) is 0 Å². The van der Waals surface area contributed by atoms with Crippen LogP contribution in [0.15, 0.2) is 18.3 Å². The zero-order chi connectivity index (χ0) is 10.7. The second-order valence-electron chi connectivity index (χ2n) is 3.68. The van der Waals surface area contributed by atoms with Crippen molar-refractivity contribution >= 4 is 28.4 Å². The Morgan fingerprint density at radius 3 is 2.67 bits per heavy atom. The van der Waals surface area contributed by atoms with Crippen LogP contribution in [0.25, 0.3) is 0 Å². The maximum Gasteiger partial charge on any atom is 0.128 e. The van der Waals surface area contributed by atoms with E-state index < -0.39 is 0 Å². The maximum atomic E-state index is 8.67. The highest BCUT2D eigenvalue weighted by Crippen LogP contribution is 2.22. The molecule has 0 saturated carbocycles. The molecular formula is C11H12IN3. The molecule has 0 atom stereocenters. The van der Waals surface area contributed by atoms with Crippen LogP contribution in [-0.2, 0) is 0 Å². The molecule has 3 nitrogen and oxygen atoms in total. The average molecular weight is 313 g/mol. The van der Waals surface area contributed by atoms with Gasteiger partial charge < -0.3 is 4.90 Å². The van der Waals surface area contributed by atoms with Crippen molar-refractivity contribution in [3.63, 3.8) is 0 Å². The van der Waals surface area contributed by atoms with Gasteiger partial charge >= 0.3 is 0 Å². The summed E-state index contributed by atoms with van der Waals surface area (Å²) in [4.78, 5) is 6.59. The molecule has 1 aromatic rings. The topological polar surface area (TPSA) is 39.9 Å². The minimum atomic E-state index is 0.627. The normalized spacial score (nSPS) is 17.5. The Kier molecular flexibility index (Phi) is 3.41. The molecule has 0 amide bonds. The summed E-state index contributed by atoms with van der Waals surface area (Å²) >= 11 is 2.51. The zero-order valence-electron chi connectivity index (χ0n) is 8.36. The van der Waals surface area contributed by atoms with Crippen LogP contribution in [-0.4, -0.2) is 22.0 Å². The standard InChI is InChI=1S/C11H12IN3/c12-10-3-5-15(6-4-10)11-2-1-9(7-13)8-14-11/h1-2,8,10H,3-6H2. The van der Waals surface area contributed by atoms with Crippen molar-refractivity contribution in [1.82, 2.24) is 4.98 Å². The Bertz CT molecular complexity index is 360. The number of piperidine rings is 1. The van der Waals surface area contributed by atoms with E-state index in [0.717, 1.165) is 22.8 Å². The Hall–Kier alpha value is -0.830. The van der Waals surface area contributed by atoms with Crippen molar-refractivity contribution < 1.29 is 0 Å². The molecule has 1 aliphatic heterocycles. The molecule has 78 valence electrons. The first kappa shape index (κ1) is 10.7. The fourth-order valence-corrected chi connectivity index (χ4v) is 2.27. The Labute approximate surface area is 103 Å². The first-order valence-corrected chi connectivity index (χ1v) is 6.29. The molecule has 0 N–H and O–H groups in total. The van der Waals surface area contributed by atoms with Crippen LogP contribution in [0.5, 0.6) is 0 Å². The lowest BCUT2D eigenvalue weighted by molar-refractivity contribution is 0.600. The molecule has 0 unspecified atom stereocenters. The average Bonchev–Trinajstić information content (AvgIpc) is 2.30. The molecule has 4 heteroatoms. The third kappa shape index (κ3) is 2.59. The lowest BCUT2D eigenvalue weighted by Crippen LogP contribution is -2.34. The highest BCUT2D eigenvalue weighted by Gasteiger charge is 2.17. The van der Waals surface area contributed by atoms with Crippen molar-refractivity contribution in [3.05, 3.63) is 23.9 Å². The number of nitrogens with zero attached hydrogens (tertiary/aromatic N) is 3. The van der Waals surface area contributed by atoms with Crippen LogP contribution in [0.1, 0.15) is 18.4 Å². The Morgan fingerprint density at radius 2 is 2.13 bits per heavy atom. The van der Waals surface area contributed by atoms with Gasteiger partial charge in [-0.15, -0.1) is 0 Å². The summed E-state index contributed by atoms with van der Waals surface area (Å²) in [7, 11) is 0. The molecule has 1 fully saturated rings. The number of hydrogen-bond acceptors (Lipinski definition) is 3. The molecule has 2 heterocycles. The van der Waals surface area contributed by atoms with E-state index in [0.29, 0.717) is 5.56 Å². The summed E-state index contributed by atoms with van der Waals surface area (Å²) in [6.07, 6.45) is 4.09. The van der Waals surface area contributed by atoms with E-state index in [1.807, 2.05) is 12.1 Å². The predicted octanol–water partition coefficient (Wildman–Crippen LogP) is 2.36. The van der Waals surface area contributed by atoms with Crippen LogP contribution < -0.4 is 4.90 Å². The second kappa shape index (κ2) is 4.79. The molecule has 0 bridgehead atoms. The van der Waals surface area contributed by atoms with Crippen LogP contribution >= 0.6 is 22.6 Å². The van der Waals surface area contributed by atoms with Crippen molar-refractivity contribution in [1.29, 1.82) is 5.26 Å². The van der Waals surface area contributed by atoms with Gasteiger partial charge in [-0.1, -0.05) is 22.6 Å². The summed E-state index contributed by atoms with van der Waals surface area (Å²) in [5, 5.41) is 8.67. The number of anilines is 1. The molecule has 0 spiro atoms. The summed E-state index contributed by atoms with van der Waals surface area (Å²) in [5.41, 5.74) is 0.627. The highest BCUT2D eigenvalue weighted by molar-refractivity contribution is 14.1. The predicted molar refractivity (Wildman–Crippen MR) is 68.2 cm³/mol. The van der Waals surface area contributed by atoms with Crippen molar-refractivity contribution in [2.75, 3.05) is 18.0 Å². The number of aromatic nitrogens is 1. The number of hydrogen-bond donors (Lipinski definition) is 0. The highest BCUT2D eigenvalue weighted by atomic mass is 127. The smallest absolute Gasteiger partial charge is 0.128 e. The van der Waals surface area contributed by atoms with Crippen molar-refractivity contribution in [3.8, 4) is 6.07 Å². The molecule has 1 aliphatic rings. The Balaban J connectivity index is 2.07. The molecule has 1 aromatic heterocycles. The fraction of sp³-hybridized carbons (Fsp3) is 0.455. The second-order valence-corrected chi connectivity index (χ2v) is 5.44. The van der Waals surface area contributed by atoms with E-state index in [9.17, 15) is 0 Å². The number of halogens is 1. The van der Waals surface area contributed by atoms with Gasteiger partial charge in [-0.3, -0.25) is 0 Å². The molecule has 0 aromatic carbocycles. The van der Waals surface area contributed by atoms with Gasteiger partial charge in [0.05, 0.1) is 5.56 Å². The van der Waals surface area contributed by atoms with E-state index in [1.54, 1.807) is 6.20 Å². The van der Waals surface area contributed by atoms with Crippen LogP contribution in [0.3, 0.4) is 0 Å². The van der Waals surface area contributed by atoms with Gasteiger partial charge in [0.1, 0.15) is 11.9 Å². The van der Waals surface area contributed by atoms with Gasteiger partial charge in [-0.25, -0.2) is 4.98 Å².